The number of fused-ring (bicyclic) bond motifs is 1. The molecule has 3 amide bonds. The monoisotopic (exact) mass is 669 g/mol. The van der Waals surface area contributed by atoms with Crippen molar-refractivity contribution >= 4 is 40.5 Å². The van der Waals surface area contributed by atoms with E-state index in [9.17, 15) is 29.1 Å². The Morgan fingerprint density at radius 3 is 2.31 bits per heavy atom. The van der Waals surface area contributed by atoms with Crippen LogP contribution in [-0.4, -0.2) is 57.4 Å². The number of amides is 3. The third-order valence-electron chi connectivity index (χ3n) is 8.81. The summed E-state index contributed by atoms with van der Waals surface area (Å²) in [6.45, 7) is 7.77. The molecule has 0 bridgehead atoms. The molecule has 1 aliphatic rings. The highest BCUT2D eigenvalue weighted by atomic mass is 16.6. The van der Waals surface area contributed by atoms with E-state index in [-0.39, 0.29) is 35.3 Å². The normalized spacial score (nSPS) is 16.8. The second-order valence-electron chi connectivity index (χ2n) is 13.7. The number of carboxylic acids is 1. The quantitative estimate of drug-likeness (QED) is 0.128. The van der Waals surface area contributed by atoms with E-state index in [1.54, 1.807) is 36.4 Å². The Morgan fingerprint density at radius 2 is 1.65 bits per heavy atom. The SMILES string of the molecule is Cc1cc(C(=O)O)ccc1-c1ccc(CC(NC(=O)C2CCC(CNC(=O)OC(C)(C)C)CC2)C(=O)Nc2ccc3c(=O)[nH][nH]c3c2)cc1. The maximum absolute atomic E-state index is 13.7. The van der Waals surface area contributed by atoms with Crippen molar-refractivity contribution in [2.45, 2.75) is 71.4 Å². The van der Waals surface area contributed by atoms with Gasteiger partial charge in [0, 0.05) is 24.6 Å². The van der Waals surface area contributed by atoms with Crippen LogP contribution in [0.1, 0.15) is 67.9 Å². The average molecular weight is 670 g/mol. The number of hydrogen-bond donors (Lipinski definition) is 6. The predicted octanol–water partition coefficient (Wildman–Crippen LogP) is 5.53. The van der Waals surface area contributed by atoms with Gasteiger partial charge in [0.2, 0.25) is 11.8 Å². The molecular formula is C37H43N5O7. The Morgan fingerprint density at radius 1 is 0.939 bits per heavy atom. The largest absolute Gasteiger partial charge is 0.478 e. The molecule has 1 aliphatic carbocycles. The third kappa shape index (κ3) is 9.16. The van der Waals surface area contributed by atoms with Gasteiger partial charge in [-0.15, -0.1) is 0 Å². The molecule has 6 N–H and O–H groups in total. The molecule has 4 aromatic rings. The van der Waals surface area contributed by atoms with E-state index in [4.69, 9.17) is 4.74 Å². The molecule has 3 aromatic carbocycles. The van der Waals surface area contributed by atoms with E-state index in [0.29, 0.717) is 36.0 Å². The van der Waals surface area contributed by atoms with Crippen LogP contribution in [0.2, 0.25) is 0 Å². The van der Waals surface area contributed by atoms with Crippen molar-refractivity contribution < 1.29 is 29.0 Å². The molecule has 0 radical (unpaired) electrons. The fourth-order valence-corrected chi connectivity index (χ4v) is 6.19. The number of nitrogens with one attached hydrogen (secondary N) is 5. The van der Waals surface area contributed by atoms with Gasteiger partial charge in [-0.2, -0.15) is 0 Å². The first-order valence-electron chi connectivity index (χ1n) is 16.5. The molecule has 1 saturated carbocycles. The van der Waals surface area contributed by atoms with E-state index in [1.807, 2.05) is 52.0 Å². The Bertz CT molecular complexity index is 1900. The fourth-order valence-electron chi connectivity index (χ4n) is 6.19. The number of alkyl carbamates (subject to hydrolysis) is 1. The second-order valence-corrected chi connectivity index (χ2v) is 13.7. The summed E-state index contributed by atoms with van der Waals surface area (Å²) in [4.78, 5) is 62.6. The molecule has 1 atom stereocenters. The van der Waals surface area contributed by atoms with Gasteiger partial charge in [-0.1, -0.05) is 30.3 Å². The summed E-state index contributed by atoms with van der Waals surface area (Å²) in [6, 6.07) is 16.6. The van der Waals surface area contributed by atoms with Gasteiger partial charge < -0.3 is 25.8 Å². The smallest absolute Gasteiger partial charge is 0.407 e. The van der Waals surface area contributed by atoms with Crippen LogP contribution in [0, 0.1) is 18.8 Å². The van der Waals surface area contributed by atoms with E-state index in [2.05, 4.69) is 26.1 Å². The third-order valence-corrected chi connectivity index (χ3v) is 8.81. The molecule has 0 aliphatic heterocycles. The summed E-state index contributed by atoms with van der Waals surface area (Å²) in [5, 5.41) is 23.8. The highest BCUT2D eigenvalue weighted by Crippen LogP contribution is 2.29. The summed E-state index contributed by atoms with van der Waals surface area (Å²) in [5.41, 5.74) is 3.85. The number of carbonyl (C=O) groups is 4. The van der Waals surface area contributed by atoms with Crippen LogP contribution in [0.4, 0.5) is 10.5 Å². The highest BCUT2D eigenvalue weighted by molar-refractivity contribution is 5.99. The van der Waals surface area contributed by atoms with Gasteiger partial charge in [-0.05, 0) is 112 Å². The molecule has 0 saturated heterocycles. The van der Waals surface area contributed by atoms with Gasteiger partial charge in [-0.25, -0.2) is 9.59 Å². The van der Waals surface area contributed by atoms with Crippen molar-refractivity contribution in [1.29, 1.82) is 0 Å². The number of carbonyl (C=O) groups excluding carboxylic acids is 3. The number of hydrogen-bond acceptors (Lipinski definition) is 6. The number of benzene rings is 3. The number of rotatable bonds is 10. The number of carboxylic acid groups (broad SMARTS) is 1. The maximum atomic E-state index is 13.7. The summed E-state index contributed by atoms with van der Waals surface area (Å²) in [6.07, 6.45) is 2.55. The lowest BCUT2D eigenvalue weighted by molar-refractivity contribution is -0.130. The molecule has 49 heavy (non-hydrogen) atoms. The molecule has 12 nitrogen and oxygen atoms in total. The maximum Gasteiger partial charge on any atom is 0.407 e. The van der Waals surface area contributed by atoms with E-state index in [1.165, 1.54) is 0 Å². The van der Waals surface area contributed by atoms with Gasteiger partial charge in [0.05, 0.1) is 16.5 Å². The van der Waals surface area contributed by atoms with E-state index in [0.717, 1.165) is 35.1 Å². The molecule has 258 valence electrons. The lowest BCUT2D eigenvalue weighted by Gasteiger charge is -2.29. The van der Waals surface area contributed by atoms with Crippen LogP contribution >= 0.6 is 0 Å². The van der Waals surface area contributed by atoms with Crippen molar-refractivity contribution in [1.82, 2.24) is 20.8 Å². The first kappa shape index (κ1) is 34.9. The summed E-state index contributed by atoms with van der Waals surface area (Å²) in [5.74, 6) is -1.62. The number of aromatic carboxylic acids is 1. The lowest BCUT2D eigenvalue weighted by Crippen LogP contribution is -2.48. The molecular weight excluding hydrogens is 626 g/mol. The molecule has 1 unspecified atom stereocenters. The lowest BCUT2D eigenvalue weighted by atomic mass is 9.81. The molecule has 1 aromatic heterocycles. The molecule has 1 fully saturated rings. The topological polar surface area (TPSA) is 182 Å². The minimum absolute atomic E-state index is 0.199. The Hall–Kier alpha value is -5.39. The Balaban J connectivity index is 1.26. The van der Waals surface area contributed by atoms with E-state index < -0.39 is 29.6 Å². The summed E-state index contributed by atoms with van der Waals surface area (Å²) < 4.78 is 5.33. The second kappa shape index (κ2) is 14.8. The molecule has 5 rings (SSSR count). The first-order valence-corrected chi connectivity index (χ1v) is 16.5. The van der Waals surface area contributed by atoms with Gasteiger partial charge in [0.1, 0.15) is 11.6 Å². The summed E-state index contributed by atoms with van der Waals surface area (Å²) >= 11 is 0. The van der Waals surface area contributed by atoms with Crippen molar-refractivity contribution in [3.8, 4) is 11.1 Å². The minimum Gasteiger partial charge on any atom is -0.478 e. The molecule has 1 heterocycles. The number of aryl methyl sites for hydroxylation is 1. The van der Waals surface area contributed by atoms with Crippen LogP contribution in [0.3, 0.4) is 0 Å². The Labute approximate surface area is 284 Å². The van der Waals surface area contributed by atoms with Crippen LogP contribution in [0.15, 0.2) is 65.5 Å². The number of aromatic nitrogens is 2. The zero-order chi connectivity index (χ0) is 35.3. The number of H-pyrrole nitrogens is 2. The van der Waals surface area contributed by atoms with Gasteiger partial charge in [-0.3, -0.25) is 24.6 Å². The zero-order valence-electron chi connectivity index (χ0n) is 28.1. The summed E-state index contributed by atoms with van der Waals surface area (Å²) in [7, 11) is 0. The van der Waals surface area contributed by atoms with Crippen LogP contribution in [0.25, 0.3) is 22.0 Å². The fraction of sp³-hybridized carbons (Fsp3) is 0.378. The van der Waals surface area contributed by atoms with E-state index >= 15 is 0 Å². The molecule has 12 heteroatoms. The number of ether oxygens (including phenoxy) is 1. The van der Waals surface area contributed by atoms with Crippen LogP contribution < -0.4 is 21.5 Å². The molecule has 0 spiro atoms. The minimum atomic E-state index is -0.985. The van der Waals surface area contributed by atoms with Crippen molar-refractivity contribution in [2.24, 2.45) is 11.8 Å². The van der Waals surface area contributed by atoms with Gasteiger partial charge in [0.15, 0.2) is 0 Å². The van der Waals surface area contributed by atoms with Crippen molar-refractivity contribution in [2.75, 3.05) is 11.9 Å². The number of anilines is 1. The van der Waals surface area contributed by atoms with Crippen LogP contribution in [-0.2, 0) is 20.7 Å². The van der Waals surface area contributed by atoms with Crippen LogP contribution in [0.5, 0.6) is 0 Å². The highest BCUT2D eigenvalue weighted by Gasteiger charge is 2.30. The van der Waals surface area contributed by atoms with Crippen molar-refractivity contribution in [3.63, 3.8) is 0 Å². The predicted molar refractivity (Wildman–Crippen MR) is 186 cm³/mol. The average Bonchev–Trinajstić information content (AvgIpc) is 3.42. The standard InChI is InChI=1S/C37H43N5O7/c1-21-17-26(35(46)47)13-15-28(21)24-9-5-22(6-10-24)18-31(34(45)39-27-14-16-29-30(19-27)41-42-33(29)44)40-32(43)25-11-7-23(8-12-25)20-38-36(48)49-37(2,3)4/h5-6,9-10,13-17,19,23,25,31H,7-8,11-12,18,20H2,1-4H3,(H,38,48)(H,39,45)(H,40,43)(H,46,47)(H2,41,42,44). The first-order chi connectivity index (χ1) is 23.3. The van der Waals surface area contributed by atoms with Gasteiger partial charge >= 0.3 is 12.1 Å². The number of aromatic amines is 2. The Kier molecular flexibility index (Phi) is 10.5. The zero-order valence-corrected chi connectivity index (χ0v) is 28.1. The van der Waals surface area contributed by atoms with Crippen molar-refractivity contribution in [3.05, 3.63) is 87.7 Å². The van der Waals surface area contributed by atoms with Gasteiger partial charge in [0.25, 0.3) is 5.56 Å².